The standard InChI is InChI=1S/C18H28S8/c1-5-9-19-13-14(20-10-6-2)24-17(23-13)18-25-15(21-11-7-3)16(26-18)22-12-8-4/h5-12H2,1-4H3/q+1. The van der Waals surface area contributed by atoms with E-state index >= 15 is 0 Å². The summed E-state index contributed by atoms with van der Waals surface area (Å²) in [5.74, 6) is 4.93. The Balaban J connectivity index is 2.10. The van der Waals surface area contributed by atoms with Crippen LogP contribution in [0, 0.1) is 4.58 Å². The van der Waals surface area contributed by atoms with E-state index in [4.69, 9.17) is 0 Å². The summed E-state index contributed by atoms with van der Waals surface area (Å²) < 4.78 is 9.26. The SMILES string of the molecule is CCCSC1=C(SCCC)S[C](c2sc(SCCC)c(SCCC)[s+]2)S1. The molecule has 2 rings (SSSR count). The monoisotopic (exact) mass is 500 g/mol. The van der Waals surface area contributed by atoms with Gasteiger partial charge in [0.2, 0.25) is 8.42 Å². The Hall–Kier alpha value is 1.89. The molecule has 0 saturated heterocycles. The van der Waals surface area contributed by atoms with Crippen molar-refractivity contribution in [2.45, 2.75) is 61.8 Å². The van der Waals surface area contributed by atoms with Gasteiger partial charge in [-0.1, -0.05) is 74.7 Å². The average molecular weight is 501 g/mol. The molecule has 147 valence electrons. The molecule has 0 atom stereocenters. The van der Waals surface area contributed by atoms with Gasteiger partial charge in [-0.25, -0.2) is 0 Å². The topological polar surface area (TPSA) is 0 Å². The lowest BCUT2D eigenvalue weighted by Gasteiger charge is -2.02. The van der Waals surface area contributed by atoms with Gasteiger partial charge in [-0.15, -0.1) is 23.5 Å². The zero-order valence-electron chi connectivity index (χ0n) is 15.9. The predicted molar refractivity (Wildman–Crippen MR) is 139 cm³/mol. The van der Waals surface area contributed by atoms with Gasteiger partial charge in [0, 0.05) is 11.5 Å². The second-order valence-electron chi connectivity index (χ2n) is 5.53. The number of hydrogen-bond acceptors (Lipinski definition) is 7. The fourth-order valence-electron chi connectivity index (χ4n) is 1.84. The Morgan fingerprint density at radius 1 is 0.692 bits per heavy atom. The molecule has 0 amide bonds. The van der Waals surface area contributed by atoms with Crippen LogP contribution < -0.4 is 0 Å². The lowest BCUT2D eigenvalue weighted by atomic mass is 10.6. The number of rotatable bonds is 13. The van der Waals surface area contributed by atoms with Gasteiger partial charge >= 0.3 is 0 Å². The predicted octanol–water partition coefficient (Wildman–Crippen LogP) is 9.83. The molecular weight excluding hydrogens is 473 g/mol. The van der Waals surface area contributed by atoms with Gasteiger partial charge in [-0.3, -0.25) is 0 Å². The van der Waals surface area contributed by atoms with Crippen LogP contribution in [0.15, 0.2) is 16.9 Å². The van der Waals surface area contributed by atoms with E-state index in [1.807, 2.05) is 46.2 Å². The zero-order chi connectivity index (χ0) is 18.8. The molecule has 1 aliphatic heterocycles. The average Bonchev–Trinajstić information content (AvgIpc) is 3.25. The van der Waals surface area contributed by atoms with Crippen LogP contribution >= 0.6 is 93.2 Å². The van der Waals surface area contributed by atoms with Crippen LogP contribution in [0.25, 0.3) is 0 Å². The fourth-order valence-corrected chi connectivity index (χ4v) is 13.5. The summed E-state index contributed by atoms with van der Waals surface area (Å²) in [6, 6.07) is 0. The van der Waals surface area contributed by atoms with Gasteiger partial charge in [-0.2, -0.15) is 0 Å². The second-order valence-corrected chi connectivity index (χ2v) is 15.6. The van der Waals surface area contributed by atoms with E-state index in [1.54, 1.807) is 16.9 Å². The van der Waals surface area contributed by atoms with Gasteiger partial charge < -0.3 is 0 Å². The molecular formula is C18H28S8+. The molecule has 26 heavy (non-hydrogen) atoms. The Labute approximate surface area is 193 Å². The van der Waals surface area contributed by atoms with Crippen LogP contribution in [-0.2, 0) is 0 Å². The third-order valence-corrected chi connectivity index (χ3v) is 15.4. The van der Waals surface area contributed by atoms with Gasteiger partial charge in [-0.05, 0) is 37.2 Å². The summed E-state index contributed by atoms with van der Waals surface area (Å²) in [6.07, 6.45) is 4.99. The van der Waals surface area contributed by atoms with Gasteiger partial charge in [0.25, 0.3) is 4.19 Å². The molecule has 0 unspecified atom stereocenters. The number of hydrogen-bond donors (Lipinski definition) is 0. The first-order chi connectivity index (χ1) is 12.7. The Morgan fingerprint density at radius 3 is 1.73 bits per heavy atom. The van der Waals surface area contributed by atoms with Crippen LogP contribution in [-0.4, -0.2) is 23.0 Å². The van der Waals surface area contributed by atoms with Gasteiger partial charge in [0.15, 0.2) is 4.58 Å². The highest BCUT2D eigenvalue weighted by Gasteiger charge is 2.38. The lowest BCUT2D eigenvalue weighted by molar-refractivity contribution is 1.10. The minimum atomic E-state index is 1.23. The summed E-state index contributed by atoms with van der Waals surface area (Å²) in [7, 11) is 0. The maximum absolute atomic E-state index is 2.28. The van der Waals surface area contributed by atoms with Crippen LogP contribution in [0.2, 0.25) is 0 Å². The Kier molecular flexibility index (Phi) is 13.0. The van der Waals surface area contributed by atoms with Crippen LogP contribution in [0.5, 0.6) is 0 Å². The van der Waals surface area contributed by atoms with E-state index in [-0.39, 0.29) is 0 Å². The van der Waals surface area contributed by atoms with Crippen molar-refractivity contribution in [1.82, 2.24) is 0 Å². The molecule has 8 heteroatoms. The minimum Gasteiger partial charge on any atom is -0.118 e. The maximum Gasteiger partial charge on any atom is 0.286 e. The van der Waals surface area contributed by atoms with E-state index in [0.717, 1.165) is 0 Å². The summed E-state index contributed by atoms with van der Waals surface area (Å²) in [5, 5.41) is 0. The normalized spacial score (nSPS) is 15.4. The molecule has 1 aliphatic rings. The molecule has 0 saturated carbocycles. The fraction of sp³-hybridized carbons (Fsp3) is 0.667. The van der Waals surface area contributed by atoms with Crippen molar-refractivity contribution in [1.29, 1.82) is 0 Å². The summed E-state index contributed by atoms with van der Waals surface area (Å²) in [5.41, 5.74) is 0. The molecule has 0 spiro atoms. The van der Waals surface area contributed by atoms with Crippen molar-refractivity contribution in [2.24, 2.45) is 0 Å². The van der Waals surface area contributed by atoms with E-state index < -0.39 is 0 Å². The highest BCUT2D eigenvalue weighted by Crippen LogP contribution is 2.63. The van der Waals surface area contributed by atoms with E-state index in [9.17, 15) is 0 Å². The van der Waals surface area contributed by atoms with Crippen molar-refractivity contribution in [3.05, 3.63) is 17.2 Å². The highest BCUT2D eigenvalue weighted by atomic mass is 32.3. The summed E-state index contributed by atoms with van der Waals surface area (Å²) in [4.78, 5) is 0. The molecule has 2 heterocycles. The first kappa shape index (κ1) is 24.2. The van der Waals surface area contributed by atoms with E-state index in [0.29, 0.717) is 0 Å². The summed E-state index contributed by atoms with van der Waals surface area (Å²) >= 11 is 16.4. The second kappa shape index (κ2) is 14.0. The van der Waals surface area contributed by atoms with Crippen molar-refractivity contribution in [3.8, 4) is 0 Å². The first-order valence-electron chi connectivity index (χ1n) is 9.18. The Bertz CT molecular complexity index is 520. The highest BCUT2D eigenvalue weighted by molar-refractivity contribution is 8.40. The largest absolute Gasteiger partial charge is 0.286 e. The third-order valence-electron chi connectivity index (χ3n) is 2.99. The van der Waals surface area contributed by atoms with Crippen molar-refractivity contribution >= 4 is 93.2 Å². The van der Waals surface area contributed by atoms with Crippen LogP contribution in [0.3, 0.4) is 0 Å². The van der Waals surface area contributed by atoms with Crippen LogP contribution in [0.1, 0.15) is 57.6 Å². The molecule has 0 nitrogen and oxygen atoms in total. The molecule has 1 aromatic rings. The van der Waals surface area contributed by atoms with Crippen LogP contribution in [0.4, 0.5) is 0 Å². The third kappa shape index (κ3) is 7.62. The molecule has 0 bridgehead atoms. The van der Waals surface area contributed by atoms with Gasteiger partial charge in [0.05, 0.1) is 8.47 Å². The molecule has 0 aliphatic carbocycles. The van der Waals surface area contributed by atoms with Crippen molar-refractivity contribution in [2.75, 3.05) is 23.0 Å². The molecule has 1 radical (unpaired) electrons. The first-order valence-corrected chi connectivity index (χ1v) is 16.4. The lowest BCUT2D eigenvalue weighted by Crippen LogP contribution is -1.77. The summed E-state index contributed by atoms with van der Waals surface area (Å²) in [6.45, 7) is 9.11. The molecule has 0 fully saturated rings. The molecule has 0 N–H and O–H groups in total. The van der Waals surface area contributed by atoms with Crippen molar-refractivity contribution in [3.63, 3.8) is 0 Å². The van der Waals surface area contributed by atoms with E-state index in [2.05, 4.69) is 74.7 Å². The maximum atomic E-state index is 2.28. The molecule has 1 aromatic heterocycles. The quantitative estimate of drug-likeness (QED) is 0.194. The minimum absolute atomic E-state index is 1.23. The Morgan fingerprint density at radius 2 is 1.19 bits per heavy atom. The van der Waals surface area contributed by atoms with E-state index in [1.165, 1.54) is 57.5 Å². The number of thioether (sulfide) groups is 6. The molecule has 0 aromatic carbocycles. The zero-order valence-corrected chi connectivity index (χ0v) is 22.5. The van der Waals surface area contributed by atoms with Crippen molar-refractivity contribution < 1.29 is 0 Å². The smallest absolute Gasteiger partial charge is 0.118 e. The van der Waals surface area contributed by atoms with Gasteiger partial charge in [0.1, 0.15) is 22.7 Å².